The zero-order chi connectivity index (χ0) is 19.2. The van der Waals surface area contributed by atoms with Gasteiger partial charge in [0.05, 0.1) is 17.7 Å². The second-order valence-corrected chi connectivity index (χ2v) is 8.35. The smallest absolute Gasteiger partial charge is 0.251 e. The maximum absolute atomic E-state index is 13.3. The number of fused-ring (bicyclic) bond motifs is 1. The maximum Gasteiger partial charge on any atom is 0.251 e. The summed E-state index contributed by atoms with van der Waals surface area (Å²) >= 11 is 1.61. The number of aromatic nitrogens is 1. The summed E-state index contributed by atoms with van der Waals surface area (Å²) in [7, 11) is 1.63. The lowest BCUT2D eigenvalue weighted by atomic mass is 10.0. The van der Waals surface area contributed by atoms with Crippen molar-refractivity contribution in [1.29, 1.82) is 0 Å². The molecule has 1 aromatic heterocycles. The van der Waals surface area contributed by atoms with Crippen LogP contribution in [0.15, 0.2) is 12.1 Å². The van der Waals surface area contributed by atoms with E-state index in [4.69, 9.17) is 9.72 Å². The van der Waals surface area contributed by atoms with E-state index >= 15 is 0 Å². The SMILES string of the molecule is COc1ccc(C)c2sc(N3CCC(C(=O)N4CCC(F)(F)CC4)C3)nc12. The highest BCUT2D eigenvalue weighted by atomic mass is 32.1. The third kappa shape index (κ3) is 3.47. The summed E-state index contributed by atoms with van der Waals surface area (Å²) in [5, 5.41) is 0.887. The molecule has 2 aliphatic rings. The van der Waals surface area contributed by atoms with Gasteiger partial charge < -0.3 is 14.5 Å². The molecule has 0 aliphatic carbocycles. The topological polar surface area (TPSA) is 45.7 Å². The molecule has 1 atom stereocenters. The first-order valence-corrected chi connectivity index (χ1v) is 10.1. The average Bonchev–Trinajstić information content (AvgIpc) is 3.29. The van der Waals surface area contributed by atoms with E-state index in [2.05, 4.69) is 4.90 Å². The molecule has 3 heterocycles. The normalized spacial score (nSPS) is 22.4. The second kappa shape index (κ2) is 6.89. The van der Waals surface area contributed by atoms with Crippen LogP contribution in [-0.4, -0.2) is 55.0 Å². The molecule has 0 bridgehead atoms. The van der Waals surface area contributed by atoms with Gasteiger partial charge in [-0.1, -0.05) is 17.4 Å². The Bertz CT molecular complexity index is 860. The molecule has 2 aliphatic heterocycles. The van der Waals surface area contributed by atoms with Crippen molar-refractivity contribution < 1.29 is 18.3 Å². The van der Waals surface area contributed by atoms with Crippen LogP contribution in [0.4, 0.5) is 13.9 Å². The molecule has 2 fully saturated rings. The number of amides is 1. The van der Waals surface area contributed by atoms with Gasteiger partial charge in [-0.05, 0) is 25.0 Å². The van der Waals surface area contributed by atoms with Crippen molar-refractivity contribution in [3.63, 3.8) is 0 Å². The van der Waals surface area contributed by atoms with Crippen molar-refractivity contribution in [1.82, 2.24) is 9.88 Å². The molecular formula is C19H23F2N3O2S. The molecule has 5 nitrogen and oxygen atoms in total. The first-order chi connectivity index (χ1) is 12.9. The van der Waals surface area contributed by atoms with Gasteiger partial charge in [0.15, 0.2) is 5.13 Å². The second-order valence-electron chi connectivity index (χ2n) is 7.37. The number of benzene rings is 1. The number of halogens is 2. The average molecular weight is 395 g/mol. The van der Waals surface area contributed by atoms with Crippen LogP contribution < -0.4 is 9.64 Å². The Hall–Kier alpha value is -1.96. The highest BCUT2D eigenvalue weighted by Crippen LogP contribution is 2.38. The van der Waals surface area contributed by atoms with Gasteiger partial charge in [0.2, 0.25) is 5.91 Å². The van der Waals surface area contributed by atoms with E-state index in [9.17, 15) is 13.6 Å². The van der Waals surface area contributed by atoms with Crippen molar-refractivity contribution in [2.45, 2.75) is 32.1 Å². The number of piperidine rings is 1. The largest absolute Gasteiger partial charge is 0.494 e. The molecule has 0 N–H and O–H groups in total. The van der Waals surface area contributed by atoms with Gasteiger partial charge in [-0.2, -0.15) is 0 Å². The van der Waals surface area contributed by atoms with Gasteiger partial charge in [0.25, 0.3) is 5.92 Å². The number of carbonyl (C=O) groups excluding carboxylic acids is 1. The van der Waals surface area contributed by atoms with E-state index in [0.29, 0.717) is 6.54 Å². The number of aryl methyl sites for hydroxylation is 1. The summed E-state index contributed by atoms with van der Waals surface area (Å²) < 4.78 is 33.2. The quantitative estimate of drug-likeness (QED) is 0.795. The van der Waals surface area contributed by atoms with E-state index < -0.39 is 5.92 Å². The minimum Gasteiger partial charge on any atom is -0.494 e. The number of likely N-dealkylation sites (tertiary alicyclic amines) is 1. The van der Waals surface area contributed by atoms with Gasteiger partial charge in [-0.15, -0.1) is 0 Å². The zero-order valence-corrected chi connectivity index (χ0v) is 16.3. The van der Waals surface area contributed by atoms with Crippen LogP contribution in [-0.2, 0) is 4.79 Å². The van der Waals surface area contributed by atoms with E-state index in [1.165, 1.54) is 0 Å². The number of nitrogens with zero attached hydrogens (tertiary/aromatic N) is 3. The molecule has 8 heteroatoms. The summed E-state index contributed by atoms with van der Waals surface area (Å²) in [6, 6.07) is 3.94. The number of ether oxygens (including phenoxy) is 1. The number of alkyl halides is 2. The van der Waals surface area contributed by atoms with Crippen LogP contribution in [0.5, 0.6) is 5.75 Å². The summed E-state index contributed by atoms with van der Waals surface area (Å²) in [5.41, 5.74) is 2.00. The molecule has 0 radical (unpaired) electrons. The zero-order valence-electron chi connectivity index (χ0n) is 15.5. The minimum atomic E-state index is -2.63. The van der Waals surface area contributed by atoms with Gasteiger partial charge in [-0.25, -0.2) is 13.8 Å². The number of methoxy groups -OCH3 is 1. The summed E-state index contributed by atoms with van der Waals surface area (Å²) in [5.74, 6) is -2.02. The summed E-state index contributed by atoms with van der Waals surface area (Å²) in [6.07, 6.45) is 0.274. The number of rotatable bonds is 3. The number of anilines is 1. The highest BCUT2D eigenvalue weighted by Gasteiger charge is 2.39. The van der Waals surface area contributed by atoms with Crippen LogP contribution in [0, 0.1) is 12.8 Å². The Labute approximate surface area is 160 Å². The van der Waals surface area contributed by atoms with Crippen LogP contribution in [0.1, 0.15) is 24.8 Å². The fraction of sp³-hybridized carbons (Fsp3) is 0.579. The van der Waals surface area contributed by atoms with Crippen molar-refractivity contribution in [3.05, 3.63) is 17.7 Å². The predicted molar refractivity (Wildman–Crippen MR) is 102 cm³/mol. The lowest BCUT2D eigenvalue weighted by Crippen LogP contribution is -2.45. The first kappa shape index (κ1) is 18.4. The molecule has 4 rings (SSSR count). The number of hydrogen-bond donors (Lipinski definition) is 0. The monoisotopic (exact) mass is 395 g/mol. The summed E-state index contributed by atoms with van der Waals surface area (Å²) in [4.78, 5) is 21.2. The van der Waals surface area contributed by atoms with E-state index in [-0.39, 0.29) is 37.8 Å². The predicted octanol–water partition coefficient (Wildman–Crippen LogP) is 3.70. The molecule has 27 heavy (non-hydrogen) atoms. The van der Waals surface area contributed by atoms with E-state index in [1.807, 2.05) is 19.1 Å². The molecule has 1 amide bonds. The third-order valence-corrected chi connectivity index (χ3v) is 6.78. The Morgan fingerprint density at radius 2 is 2.04 bits per heavy atom. The standard InChI is InChI=1S/C19H23F2N3O2S/c1-12-3-4-14(26-2)15-16(12)27-18(22-15)24-8-5-13(11-24)17(25)23-9-6-19(20,21)7-10-23/h3-4,13H,5-11H2,1-2H3. The number of hydrogen-bond acceptors (Lipinski definition) is 5. The van der Waals surface area contributed by atoms with Crippen molar-refractivity contribution in [2.24, 2.45) is 5.92 Å². The lowest BCUT2D eigenvalue weighted by Gasteiger charge is -2.33. The van der Waals surface area contributed by atoms with Crippen molar-refractivity contribution >= 4 is 32.6 Å². The van der Waals surface area contributed by atoms with Gasteiger partial charge >= 0.3 is 0 Å². The molecule has 146 valence electrons. The first-order valence-electron chi connectivity index (χ1n) is 9.24. The van der Waals surface area contributed by atoms with Crippen LogP contribution >= 0.6 is 11.3 Å². The van der Waals surface area contributed by atoms with Crippen LogP contribution in [0.2, 0.25) is 0 Å². The third-order valence-electron chi connectivity index (χ3n) is 5.53. The fourth-order valence-electron chi connectivity index (χ4n) is 3.85. The van der Waals surface area contributed by atoms with Crippen molar-refractivity contribution in [3.8, 4) is 5.75 Å². The summed E-state index contributed by atoms with van der Waals surface area (Å²) in [6.45, 7) is 3.69. The molecular weight excluding hydrogens is 372 g/mol. The fourth-order valence-corrected chi connectivity index (χ4v) is 4.93. The molecule has 1 unspecified atom stereocenters. The molecule has 2 aromatic rings. The molecule has 1 aromatic carbocycles. The lowest BCUT2D eigenvalue weighted by molar-refractivity contribution is -0.140. The Kier molecular flexibility index (Phi) is 4.70. The van der Waals surface area contributed by atoms with Gasteiger partial charge in [-0.3, -0.25) is 4.79 Å². The van der Waals surface area contributed by atoms with E-state index in [1.54, 1.807) is 23.3 Å². The Morgan fingerprint density at radius 3 is 2.74 bits per heavy atom. The molecule has 0 saturated carbocycles. The Balaban J connectivity index is 1.47. The highest BCUT2D eigenvalue weighted by molar-refractivity contribution is 7.22. The van der Waals surface area contributed by atoms with Gasteiger partial charge in [0.1, 0.15) is 11.3 Å². The van der Waals surface area contributed by atoms with Crippen molar-refractivity contribution in [2.75, 3.05) is 38.2 Å². The van der Waals surface area contributed by atoms with Crippen LogP contribution in [0.3, 0.4) is 0 Å². The molecule has 2 saturated heterocycles. The Morgan fingerprint density at radius 1 is 1.30 bits per heavy atom. The number of carbonyl (C=O) groups is 1. The molecule has 0 spiro atoms. The van der Waals surface area contributed by atoms with Crippen LogP contribution in [0.25, 0.3) is 10.2 Å². The number of thiazole rings is 1. The van der Waals surface area contributed by atoms with E-state index in [0.717, 1.165) is 39.6 Å². The minimum absolute atomic E-state index is 0.00266. The van der Waals surface area contributed by atoms with Gasteiger partial charge in [0, 0.05) is 39.0 Å². The maximum atomic E-state index is 13.3.